The van der Waals surface area contributed by atoms with Crippen LogP contribution >= 0.6 is 0 Å². The number of phenolic OH excluding ortho intramolecular Hbond substituents is 1. The van der Waals surface area contributed by atoms with Crippen LogP contribution in [0.4, 0.5) is 0 Å². The molecule has 0 radical (unpaired) electrons. The molecule has 1 aromatic carbocycles. The van der Waals surface area contributed by atoms with Gasteiger partial charge in [0.25, 0.3) is 0 Å². The topological polar surface area (TPSA) is 46.5 Å². The Morgan fingerprint density at radius 2 is 2.23 bits per heavy atom. The predicted molar refractivity (Wildman–Crippen MR) is 50.1 cm³/mol. The third-order valence-corrected chi connectivity index (χ3v) is 1.71. The Labute approximate surface area is 76.3 Å². The number of benzene rings is 1. The molecule has 1 N–H and O–H groups in total. The van der Waals surface area contributed by atoms with Crippen molar-refractivity contribution in [3.05, 3.63) is 29.8 Å². The van der Waals surface area contributed by atoms with Crippen molar-refractivity contribution < 1.29 is 14.6 Å². The van der Waals surface area contributed by atoms with Crippen molar-refractivity contribution in [3.8, 4) is 11.5 Å². The Hall–Kier alpha value is -1.77. The van der Waals surface area contributed by atoms with Crippen LogP contribution in [-0.4, -0.2) is 18.5 Å². The third-order valence-electron chi connectivity index (χ3n) is 1.71. The summed E-state index contributed by atoms with van der Waals surface area (Å²) in [5, 5.41) is 9.42. The second kappa shape index (κ2) is 3.76. The first-order chi connectivity index (χ1) is 6.22. The van der Waals surface area contributed by atoms with Crippen LogP contribution in [-0.2, 0) is 0 Å². The summed E-state index contributed by atoms with van der Waals surface area (Å²) in [5.41, 5.74) is 0.936. The summed E-state index contributed by atoms with van der Waals surface area (Å²) in [6.45, 7) is 3.56. The molecule has 0 spiro atoms. The van der Waals surface area contributed by atoms with Crippen LogP contribution in [0.2, 0.25) is 0 Å². The molecule has 0 amide bonds. The molecule has 0 aliphatic carbocycles. The summed E-state index contributed by atoms with van der Waals surface area (Å²) >= 11 is 0. The van der Waals surface area contributed by atoms with Crippen molar-refractivity contribution in [2.75, 3.05) is 7.11 Å². The van der Waals surface area contributed by atoms with Gasteiger partial charge in [0.05, 0.1) is 12.7 Å². The van der Waals surface area contributed by atoms with E-state index in [1.807, 2.05) is 0 Å². The van der Waals surface area contributed by atoms with Gasteiger partial charge >= 0.3 is 0 Å². The van der Waals surface area contributed by atoms with Crippen LogP contribution < -0.4 is 4.74 Å². The standard InChI is InChI=1S/C10H10O3/c1-3-7-4-8(6-11)10(12)9(5-7)13-2/h3-6,12H,1H2,2H3. The van der Waals surface area contributed by atoms with Crippen LogP contribution in [0.3, 0.4) is 0 Å². The molecule has 0 unspecified atom stereocenters. The zero-order chi connectivity index (χ0) is 9.84. The number of hydrogen-bond donors (Lipinski definition) is 1. The fraction of sp³-hybridized carbons (Fsp3) is 0.100. The van der Waals surface area contributed by atoms with Crippen molar-refractivity contribution in [2.24, 2.45) is 0 Å². The quantitative estimate of drug-likeness (QED) is 0.718. The maximum atomic E-state index is 10.5. The maximum Gasteiger partial charge on any atom is 0.168 e. The van der Waals surface area contributed by atoms with E-state index in [0.717, 1.165) is 5.56 Å². The number of phenols is 1. The fourth-order valence-electron chi connectivity index (χ4n) is 1.01. The monoisotopic (exact) mass is 178 g/mol. The van der Waals surface area contributed by atoms with E-state index in [0.29, 0.717) is 6.29 Å². The minimum absolute atomic E-state index is 0.136. The number of ether oxygens (including phenoxy) is 1. The number of carbonyl (C=O) groups excluding carboxylic acids is 1. The number of aromatic hydroxyl groups is 1. The molecular formula is C10H10O3. The van der Waals surface area contributed by atoms with E-state index in [1.165, 1.54) is 13.2 Å². The van der Waals surface area contributed by atoms with Crippen LogP contribution in [0.5, 0.6) is 11.5 Å². The molecule has 0 fully saturated rings. The molecule has 0 aliphatic rings. The highest BCUT2D eigenvalue weighted by molar-refractivity contribution is 5.82. The summed E-state index contributed by atoms with van der Waals surface area (Å²) in [6, 6.07) is 3.15. The molecule has 0 aliphatic heterocycles. The van der Waals surface area contributed by atoms with Gasteiger partial charge in [-0.2, -0.15) is 0 Å². The van der Waals surface area contributed by atoms with Crippen LogP contribution in [0.25, 0.3) is 6.08 Å². The lowest BCUT2D eigenvalue weighted by Crippen LogP contribution is -1.89. The van der Waals surface area contributed by atoms with Gasteiger partial charge in [0.1, 0.15) is 0 Å². The number of carbonyl (C=O) groups is 1. The van der Waals surface area contributed by atoms with Crippen LogP contribution in [0.15, 0.2) is 18.7 Å². The molecule has 1 rings (SSSR count). The molecule has 0 bridgehead atoms. The first-order valence-corrected chi connectivity index (χ1v) is 3.71. The predicted octanol–water partition coefficient (Wildman–Crippen LogP) is 1.86. The molecule has 0 atom stereocenters. The molecule has 0 saturated carbocycles. The van der Waals surface area contributed by atoms with E-state index in [1.54, 1.807) is 12.1 Å². The Kier molecular flexibility index (Phi) is 2.69. The van der Waals surface area contributed by atoms with E-state index >= 15 is 0 Å². The van der Waals surface area contributed by atoms with Gasteiger partial charge < -0.3 is 9.84 Å². The Morgan fingerprint density at radius 1 is 1.54 bits per heavy atom. The van der Waals surface area contributed by atoms with Gasteiger partial charge in [0.15, 0.2) is 17.8 Å². The summed E-state index contributed by atoms with van der Waals surface area (Å²) in [6.07, 6.45) is 2.15. The van der Waals surface area contributed by atoms with E-state index in [-0.39, 0.29) is 17.1 Å². The number of methoxy groups -OCH3 is 1. The molecule has 13 heavy (non-hydrogen) atoms. The van der Waals surface area contributed by atoms with Gasteiger partial charge in [-0.15, -0.1) is 0 Å². The van der Waals surface area contributed by atoms with Gasteiger partial charge in [-0.1, -0.05) is 12.7 Å². The maximum absolute atomic E-state index is 10.5. The lowest BCUT2D eigenvalue weighted by atomic mass is 10.1. The Bertz CT molecular complexity index is 342. The van der Waals surface area contributed by atoms with Crippen LogP contribution in [0, 0.1) is 0 Å². The second-order valence-electron chi connectivity index (χ2n) is 2.48. The van der Waals surface area contributed by atoms with E-state index in [9.17, 15) is 9.90 Å². The van der Waals surface area contributed by atoms with Gasteiger partial charge in [-0.05, 0) is 17.7 Å². The smallest absolute Gasteiger partial charge is 0.168 e. The number of rotatable bonds is 3. The van der Waals surface area contributed by atoms with Gasteiger partial charge in [-0.25, -0.2) is 0 Å². The third kappa shape index (κ3) is 1.69. The summed E-state index contributed by atoms with van der Waals surface area (Å²) in [4.78, 5) is 10.5. The molecule has 0 saturated heterocycles. The Balaban J connectivity index is 3.36. The summed E-state index contributed by atoms with van der Waals surface area (Å²) < 4.78 is 4.87. The first-order valence-electron chi connectivity index (χ1n) is 3.71. The Morgan fingerprint density at radius 3 is 2.69 bits per heavy atom. The molecule has 3 nitrogen and oxygen atoms in total. The van der Waals surface area contributed by atoms with Crippen LogP contribution in [0.1, 0.15) is 15.9 Å². The van der Waals surface area contributed by atoms with E-state index < -0.39 is 0 Å². The van der Waals surface area contributed by atoms with Crippen molar-refractivity contribution >= 4 is 12.4 Å². The van der Waals surface area contributed by atoms with Crippen molar-refractivity contribution in [1.29, 1.82) is 0 Å². The minimum atomic E-state index is -0.136. The second-order valence-corrected chi connectivity index (χ2v) is 2.48. The normalized spacial score (nSPS) is 9.31. The number of aldehydes is 1. The number of hydrogen-bond acceptors (Lipinski definition) is 3. The minimum Gasteiger partial charge on any atom is -0.504 e. The molecular weight excluding hydrogens is 168 g/mol. The summed E-state index contributed by atoms with van der Waals surface area (Å²) in [5.74, 6) is 0.141. The lowest BCUT2D eigenvalue weighted by molar-refractivity contribution is 0.112. The SMILES string of the molecule is C=Cc1cc(C=O)c(O)c(OC)c1. The molecule has 3 heteroatoms. The van der Waals surface area contributed by atoms with Gasteiger partial charge in [-0.3, -0.25) is 4.79 Å². The van der Waals surface area contributed by atoms with Crippen molar-refractivity contribution in [1.82, 2.24) is 0 Å². The summed E-state index contributed by atoms with van der Waals surface area (Å²) in [7, 11) is 1.43. The lowest BCUT2D eigenvalue weighted by Gasteiger charge is -2.06. The van der Waals surface area contributed by atoms with E-state index in [2.05, 4.69) is 6.58 Å². The highest BCUT2D eigenvalue weighted by Crippen LogP contribution is 2.30. The molecule has 68 valence electrons. The fourth-order valence-corrected chi connectivity index (χ4v) is 1.01. The average molecular weight is 178 g/mol. The zero-order valence-electron chi connectivity index (χ0n) is 7.28. The average Bonchev–Trinajstić information content (AvgIpc) is 2.18. The van der Waals surface area contributed by atoms with E-state index in [4.69, 9.17) is 4.74 Å². The highest BCUT2D eigenvalue weighted by atomic mass is 16.5. The zero-order valence-corrected chi connectivity index (χ0v) is 7.28. The molecule has 0 heterocycles. The molecule has 1 aromatic rings. The molecule has 0 aromatic heterocycles. The van der Waals surface area contributed by atoms with Crippen molar-refractivity contribution in [3.63, 3.8) is 0 Å². The largest absolute Gasteiger partial charge is 0.504 e. The van der Waals surface area contributed by atoms with Gasteiger partial charge in [0.2, 0.25) is 0 Å². The highest BCUT2D eigenvalue weighted by Gasteiger charge is 2.07. The van der Waals surface area contributed by atoms with Crippen molar-refractivity contribution in [2.45, 2.75) is 0 Å². The van der Waals surface area contributed by atoms with Gasteiger partial charge in [0, 0.05) is 0 Å². The first kappa shape index (κ1) is 9.32.